The van der Waals surface area contributed by atoms with Gasteiger partial charge in [-0.1, -0.05) is 126 Å². The fourth-order valence-corrected chi connectivity index (χ4v) is 9.87. The monoisotopic (exact) mass is 839 g/mol. The summed E-state index contributed by atoms with van der Waals surface area (Å²) in [5, 5.41) is 8.68. The van der Waals surface area contributed by atoms with Crippen molar-refractivity contribution in [2.24, 2.45) is 0 Å². The maximum atomic E-state index is 13.8. The molecule has 1 aliphatic heterocycles. The van der Waals surface area contributed by atoms with Gasteiger partial charge in [-0.15, -0.1) is 0 Å². The summed E-state index contributed by atoms with van der Waals surface area (Å²) in [6.07, 6.45) is 15.6. The van der Waals surface area contributed by atoms with Gasteiger partial charge in [0.25, 0.3) is 7.12 Å². The zero-order chi connectivity index (χ0) is 44.2. The van der Waals surface area contributed by atoms with Gasteiger partial charge >= 0.3 is 6.09 Å². The molecule has 0 atom stereocenters. The number of nitrogens with zero attached hydrogens (tertiary/aromatic N) is 2. The van der Waals surface area contributed by atoms with E-state index in [0.29, 0.717) is 19.4 Å². The average molecular weight is 840 g/mol. The molecule has 4 aromatic carbocycles. The molecule has 2 radical (unpaired) electrons. The Labute approximate surface area is 367 Å². The summed E-state index contributed by atoms with van der Waals surface area (Å²) < 4.78 is 29.6. The Balaban J connectivity index is 1.38. The van der Waals surface area contributed by atoms with E-state index in [-0.39, 0.29) is 22.7 Å². The van der Waals surface area contributed by atoms with Gasteiger partial charge in [-0.3, -0.25) is 4.90 Å². The molecule has 7 nitrogen and oxygen atoms in total. The van der Waals surface area contributed by atoms with Gasteiger partial charge in [0.1, 0.15) is 5.60 Å². The first kappa shape index (κ1) is 45.8. The highest BCUT2D eigenvalue weighted by Gasteiger charge is 2.41. The second kappa shape index (κ2) is 18.7. The highest BCUT2D eigenvalue weighted by atomic mass is 32.2. The molecule has 9 heteroatoms. The highest BCUT2D eigenvalue weighted by molar-refractivity contribution is 8.12. The van der Waals surface area contributed by atoms with E-state index in [4.69, 9.17) is 11.9 Å². The number of likely N-dealkylation sites (N-methyl/N-ethyl adjacent to an activating group) is 1. The summed E-state index contributed by atoms with van der Waals surface area (Å²) in [4.78, 5) is 17.8. The number of unbranched alkanes of at least 4 members (excludes halogenated alkanes) is 3. The third-order valence-corrected chi connectivity index (χ3v) is 13.0. The average Bonchev–Trinajstić information content (AvgIpc) is 3.69. The third kappa shape index (κ3) is 10.7. The molecule has 0 saturated heterocycles. The molecule has 1 heterocycles. The van der Waals surface area contributed by atoms with Crippen LogP contribution in [0.3, 0.4) is 0 Å². The quantitative estimate of drug-likeness (QED) is 0.0894. The second-order valence-electron chi connectivity index (χ2n) is 19.0. The molecule has 0 saturated carbocycles. The predicted molar refractivity (Wildman–Crippen MR) is 258 cm³/mol. The number of ether oxygens (including phenoxy) is 1. The predicted octanol–water partition coefficient (Wildman–Crippen LogP) is 12.6. The minimum Gasteiger partial charge on any atom is -0.443 e. The number of nitrogens with one attached hydrogen (secondary N) is 1. The Morgan fingerprint density at radius 1 is 0.885 bits per heavy atom. The molecule has 0 spiro atoms. The number of carbonyl (C=O) groups is 1. The van der Waals surface area contributed by atoms with Crippen molar-refractivity contribution in [1.82, 2.24) is 4.90 Å². The van der Waals surface area contributed by atoms with Crippen LogP contribution in [0.25, 0.3) is 21.5 Å². The first-order valence-corrected chi connectivity index (χ1v) is 23.9. The lowest BCUT2D eigenvalue weighted by atomic mass is 9.77. The van der Waals surface area contributed by atoms with E-state index in [9.17, 15) is 13.2 Å². The summed E-state index contributed by atoms with van der Waals surface area (Å²) in [7, 11) is 3.65. The van der Waals surface area contributed by atoms with Gasteiger partial charge in [-0.05, 0) is 127 Å². The van der Waals surface area contributed by atoms with Crippen molar-refractivity contribution in [3.8, 4) is 0 Å². The standard InChI is InChI=1S/C52H66BN3O4S/c1-10-11-16-34-54-43-30-27-37-20-12-14-23-41(37)46(43)51(5,6)33-19-22-39-25-26-40(48(39)55(9)49(57)60-50(2,3)4)29-32-45-52(7,8)47-42-24-15-13-21-38(42)28-31-44(47)56(45)35-17-18-36-61(53,58)59/h12-15,19-24,27-32,54H,10-11,16-18,25-26,33-36H2,1-9H3/b22-19+,40-29+,45-32+. The van der Waals surface area contributed by atoms with Crippen LogP contribution >= 0.6 is 0 Å². The Kier molecular flexibility index (Phi) is 14.0. The smallest absolute Gasteiger partial charge is 0.414 e. The molecular weight excluding hydrogens is 773 g/mol. The number of hydrogen-bond acceptors (Lipinski definition) is 6. The van der Waals surface area contributed by atoms with Crippen LogP contribution in [0, 0.1) is 0 Å². The van der Waals surface area contributed by atoms with Crippen molar-refractivity contribution in [3.63, 3.8) is 0 Å². The fraction of sp³-hybridized carbons (Fsp3) is 0.442. The molecular formula is C52H66BN3O4S. The van der Waals surface area contributed by atoms with E-state index < -0.39 is 15.3 Å². The normalized spacial score (nSPS) is 17.0. The van der Waals surface area contributed by atoms with E-state index in [1.54, 1.807) is 4.90 Å². The number of amides is 1. The lowest BCUT2D eigenvalue weighted by molar-refractivity contribution is 0.0356. The molecule has 0 fully saturated rings. The molecule has 1 aliphatic carbocycles. The lowest BCUT2D eigenvalue weighted by Crippen LogP contribution is -2.34. The number of allylic oxidation sites excluding steroid dienone is 7. The van der Waals surface area contributed by atoms with Crippen LogP contribution in [-0.4, -0.2) is 58.0 Å². The first-order chi connectivity index (χ1) is 28.8. The van der Waals surface area contributed by atoms with Gasteiger partial charge in [0, 0.05) is 48.4 Å². The largest absolute Gasteiger partial charge is 0.443 e. The van der Waals surface area contributed by atoms with Crippen molar-refractivity contribution in [3.05, 3.63) is 131 Å². The SMILES string of the molecule is [B]S(=O)(=O)CCCCN1/C(=C/C=C2\CCC(/C=C/CC(C)(C)c3c(NCCCCC)ccc4ccccc34)=C2N(C)C(=O)OC(C)(C)C)C(C)(C)c2c1ccc1ccccc21. The number of benzene rings is 4. The Hall–Kier alpha value is -4.76. The number of carbonyl (C=O) groups excluding carboxylic acids is 1. The molecule has 1 amide bonds. The minimum absolute atomic E-state index is 0.0461. The maximum absolute atomic E-state index is 13.8. The van der Waals surface area contributed by atoms with Gasteiger partial charge in [-0.2, -0.15) is 0 Å². The number of fused-ring (bicyclic) bond motifs is 4. The molecule has 0 aromatic heterocycles. The van der Waals surface area contributed by atoms with Gasteiger partial charge in [0.15, 0.2) is 0 Å². The molecule has 0 unspecified atom stereocenters. The summed E-state index contributed by atoms with van der Waals surface area (Å²) >= 11 is 0. The van der Waals surface area contributed by atoms with Crippen LogP contribution in [0.5, 0.6) is 0 Å². The van der Waals surface area contributed by atoms with Crippen LogP contribution in [-0.2, 0) is 25.3 Å². The van der Waals surface area contributed by atoms with Crippen molar-refractivity contribution in [1.29, 1.82) is 0 Å². The number of anilines is 2. The molecule has 1 N–H and O–H groups in total. The highest BCUT2D eigenvalue weighted by Crippen LogP contribution is 2.51. The summed E-state index contributed by atoms with van der Waals surface area (Å²) in [5.41, 5.74) is 7.89. The lowest BCUT2D eigenvalue weighted by Gasteiger charge is -2.29. The summed E-state index contributed by atoms with van der Waals surface area (Å²) in [5.74, 6) is -0.0461. The summed E-state index contributed by atoms with van der Waals surface area (Å²) in [6, 6.07) is 26.0. The Morgan fingerprint density at radius 3 is 2.25 bits per heavy atom. The van der Waals surface area contributed by atoms with Crippen molar-refractivity contribution in [2.75, 3.05) is 36.1 Å². The van der Waals surface area contributed by atoms with E-state index >= 15 is 0 Å². The Bertz CT molecular complexity index is 2490. The van der Waals surface area contributed by atoms with Crippen LogP contribution in [0.2, 0.25) is 0 Å². The van der Waals surface area contributed by atoms with E-state index in [1.807, 2.05) is 27.8 Å². The number of hydrogen-bond donors (Lipinski definition) is 1. The van der Waals surface area contributed by atoms with Crippen molar-refractivity contribution < 1.29 is 17.9 Å². The number of rotatable bonds is 16. The summed E-state index contributed by atoms with van der Waals surface area (Å²) in [6.45, 7) is 18.7. The van der Waals surface area contributed by atoms with Crippen LogP contribution < -0.4 is 10.2 Å². The topological polar surface area (TPSA) is 79.0 Å². The Morgan fingerprint density at radius 2 is 1.56 bits per heavy atom. The second-order valence-corrected chi connectivity index (χ2v) is 20.8. The van der Waals surface area contributed by atoms with Crippen LogP contribution in [0.1, 0.15) is 118 Å². The molecule has 322 valence electrons. The minimum atomic E-state index is -3.55. The molecule has 2 aliphatic rings. The fourth-order valence-electron chi connectivity index (χ4n) is 9.26. The van der Waals surface area contributed by atoms with Crippen molar-refractivity contribution in [2.45, 2.75) is 123 Å². The van der Waals surface area contributed by atoms with Gasteiger partial charge in [-0.25, -0.2) is 13.2 Å². The zero-order valence-electron chi connectivity index (χ0n) is 38.0. The van der Waals surface area contributed by atoms with E-state index in [0.717, 1.165) is 60.5 Å². The third-order valence-electron chi connectivity index (χ3n) is 12.2. The van der Waals surface area contributed by atoms with Crippen molar-refractivity contribution >= 4 is 55.8 Å². The molecule has 6 rings (SSSR count). The first-order valence-electron chi connectivity index (χ1n) is 22.2. The van der Waals surface area contributed by atoms with Crippen LogP contribution in [0.15, 0.2) is 120 Å². The van der Waals surface area contributed by atoms with E-state index in [2.05, 4.69) is 142 Å². The zero-order valence-corrected chi connectivity index (χ0v) is 38.8. The molecule has 4 aromatic rings. The van der Waals surface area contributed by atoms with E-state index in [1.165, 1.54) is 51.2 Å². The molecule has 61 heavy (non-hydrogen) atoms. The van der Waals surface area contributed by atoms with Crippen LogP contribution in [0.4, 0.5) is 16.2 Å². The van der Waals surface area contributed by atoms with Gasteiger partial charge in [0.2, 0.25) is 0 Å². The maximum Gasteiger partial charge on any atom is 0.414 e. The van der Waals surface area contributed by atoms with Gasteiger partial charge in [0.05, 0.1) is 15.4 Å². The van der Waals surface area contributed by atoms with Gasteiger partial charge < -0.3 is 15.0 Å². The molecule has 0 bridgehead atoms.